The lowest BCUT2D eigenvalue weighted by atomic mass is 10.0. The van der Waals surface area contributed by atoms with E-state index in [0.717, 1.165) is 16.8 Å². The number of aromatic nitrogens is 5. The van der Waals surface area contributed by atoms with Gasteiger partial charge in [0, 0.05) is 24.4 Å². The van der Waals surface area contributed by atoms with Crippen LogP contribution in [0.2, 0.25) is 5.02 Å². The molecule has 2 aromatic carbocycles. The second-order valence-electron chi connectivity index (χ2n) is 7.56. The molecule has 1 N–H and O–H groups in total. The molecule has 0 aliphatic rings. The van der Waals surface area contributed by atoms with Crippen LogP contribution in [0, 0.1) is 0 Å². The second kappa shape index (κ2) is 8.45. The molecule has 172 valence electrons. The average Bonchev–Trinajstić information content (AvgIpc) is 3.43. The molecular formula is C23H16ClF3N6O. The van der Waals surface area contributed by atoms with Crippen molar-refractivity contribution in [3.05, 3.63) is 83.4 Å². The molecule has 0 unspecified atom stereocenters. The van der Waals surface area contributed by atoms with Crippen molar-refractivity contribution in [3.8, 4) is 11.3 Å². The van der Waals surface area contributed by atoms with Crippen molar-refractivity contribution in [3.63, 3.8) is 0 Å². The summed E-state index contributed by atoms with van der Waals surface area (Å²) in [5, 5.41) is 12.8. The molecule has 3 aromatic heterocycles. The summed E-state index contributed by atoms with van der Waals surface area (Å²) < 4.78 is 43.8. The van der Waals surface area contributed by atoms with Crippen LogP contribution in [0.4, 0.5) is 13.2 Å². The summed E-state index contributed by atoms with van der Waals surface area (Å²) in [5.74, 6) is -0.621. The zero-order chi connectivity index (χ0) is 23.9. The van der Waals surface area contributed by atoms with Gasteiger partial charge in [-0.1, -0.05) is 48.0 Å². The molecule has 0 saturated carbocycles. The van der Waals surface area contributed by atoms with Gasteiger partial charge in [0.15, 0.2) is 17.0 Å². The number of rotatable bonds is 5. The molecule has 7 nitrogen and oxygen atoms in total. The summed E-state index contributed by atoms with van der Waals surface area (Å²) in [6.07, 6.45) is -1.65. The third kappa shape index (κ3) is 4.32. The Hall–Kier alpha value is -3.92. The number of hydrogen-bond donors (Lipinski definition) is 1. The Labute approximate surface area is 195 Å². The molecular weight excluding hydrogens is 469 g/mol. The third-order valence-electron chi connectivity index (χ3n) is 5.22. The lowest BCUT2D eigenvalue weighted by Gasteiger charge is -2.11. The first-order valence-corrected chi connectivity index (χ1v) is 10.6. The summed E-state index contributed by atoms with van der Waals surface area (Å²) in [6.45, 7) is 0.524. The van der Waals surface area contributed by atoms with E-state index in [1.807, 2.05) is 30.3 Å². The van der Waals surface area contributed by atoms with E-state index >= 15 is 0 Å². The Morgan fingerprint density at radius 2 is 1.85 bits per heavy atom. The van der Waals surface area contributed by atoms with Crippen LogP contribution in [0.5, 0.6) is 0 Å². The van der Waals surface area contributed by atoms with Crippen LogP contribution >= 0.6 is 11.6 Å². The van der Waals surface area contributed by atoms with E-state index in [-0.39, 0.29) is 23.6 Å². The molecule has 0 radical (unpaired) electrons. The van der Waals surface area contributed by atoms with E-state index in [2.05, 4.69) is 20.5 Å². The maximum Gasteiger partial charge on any atom is 0.433 e. The standard InChI is InChI=1S/C23H16ClF3N6O/c24-17-12-29-32(13-17)8-7-28-22(34)19-11-21-30-18(10-20(23(25,26)27)33(21)31-19)16-6-5-14-3-1-2-4-15(14)9-16/h1-6,9-13H,7-8H2,(H,28,34). The minimum absolute atomic E-state index is 0.0815. The smallest absolute Gasteiger partial charge is 0.349 e. The van der Waals surface area contributed by atoms with Crippen molar-refractivity contribution in [2.24, 2.45) is 0 Å². The van der Waals surface area contributed by atoms with Gasteiger partial charge in [-0.05, 0) is 22.9 Å². The Morgan fingerprint density at radius 3 is 2.59 bits per heavy atom. The van der Waals surface area contributed by atoms with Gasteiger partial charge in [-0.15, -0.1) is 0 Å². The molecule has 0 spiro atoms. The SMILES string of the molecule is O=C(NCCn1cc(Cl)cn1)c1cc2nc(-c3ccc4ccccc4c3)cc(C(F)(F)F)n2n1. The van der Waals surface area contributed by atoms with Crippen LogP contribution in [0.1, 0.15) is 16.2 Å². The van der Waals surface area contributed by atoms with Crippen molar-refractivity contribution in [2.75, 3.05) is 6.54 Å². The highest BCUT2D eigenvalue weighted by Crippen LogP contribution is 2.33. The van der Waals surface area contributed by atoms with Crippen LogP contribution in [0.15, 0.2) is 67.0 Å². The number of hydrogen-bond acceptors (Lipinski definition) is 4. The predicted molar refractivity (Wildman–Crippen MR) is 121 cm³/mol. The highest BCUT2D eigenvalue weighted by Gasteiger charge is 2.35. The lowest BCUT2D eigenvalue weighted by molar-refractivity contribution is -0.142. The van der Waals surface area contributed by atoms with Gasteiger partial charge in [0.2, 0.25) is 0 Å². The molecule has 0 bridgehead atoms. The van der Waals surface area contributed by atoms with E-state index in [1.165, 1.54) is 16.9 Å². The van der Waals surface area contributed by atoms with Crippen molar-refractivity contribution < 1.29 is 18.0 Å². The molecule has 5 aromatic rings. The van der Waals surface area contributed by atoms with Crippen LogP contribution in [0.25, 0.3) is 27.7 Å². The molecule has 1 amide bonds. The lowest BCUT2D eigenvalue weighted by Crippen LogP contribution is -2.27. The average molecular weight is 485 g/mol. The fourth-order valence-corrected chi connectivity index (χ4v) is 3.78. The largest absolute Gasteiger partial charge is 0.433 e. The topological polar surface area (TPSA) is 77.1 Å². The Balaban J connectivity index is 1.48. The van der Waals surface area contributed by atoms with Crippen molar-refractivity contribution in [2.45, 2.75) is 12.7 Å². The summed E-state index contributed by atoms with van der Waals surface area (Å²) in [4.78, 5) is 16.9. The van der Waals surface area contributed by atoms with Gasteiger partial charge in [-0.2, -0.15) is 23.4 Å². The Bertz CT molecular complexity index is 1520. The van der Waals surface area contributed by atoms with Crippen LogP contribution in [-0.4, -0.2) is 36.8 Å². The molecule has 0 aliphatic carbocycles. The Morgan fingerprint density at radius 1 is 1.06 bits per heavy atom. The fraction of sp³-hybridized carbons (Fsp3) is 0.130. The van der Waals surface area contributed by atoms with Gasteiger partial charge in [0.05, 0.1) is 23.5 Å². The number of amides is 1. The quantitative estimate of drug-likeness (QED) is 0.387. The van der Waals surface area contributed by atoms with Crippen molar-refractivity contribution in [1.82, 2.24) is 29.7 Å². The van der Waals surface area contributed by atoms with E-state index in [0.29, 0.717) is 21.6 Å². The van der Waals surface area contributed by atoms with Crippen molar-refractivity contribution >= 4 is 33.9 Å². The minimum Gasteiger partial charge on any atom is -0.349 e. The summed E-state index contributed by atoms with van der Waals surface area (Å²) in [7, 11) is 0. The van der Waals surface area contributed by atoms with E-state index in [9.17, 15) is 18.0 Å². The van der Waals surface area contributed by atoms with Gasteiger partial charge in [-0.25, -0.2) is 9.50 Å². The van der Waals surface area contributed by atoms with E-state index in [4.69, 9.17) is 11.6 Å². The number of fused-ring (bicyclic) bond motifs is 2. The maximum absolute atomic E-state index is 13.9. The molecule has 0 aliphatic heterocycles. The third-order valence-corrected chi connectivity index (χ3v) is 5.42. The van der Waals surface area contributed by atoms with Crippen LogP contribution < -0.4 is 5.32 Å². The first-order chi connectivity index (χ1) is 16.3. The fourth-order valence-electron chi connectivity index (χ4n) is 3.62. The van der Waals surface area contributed by atoms with Gasteiger partial charge < -0.3 is 5.32 Å². The number of nitrogens with one attached hydrogen (secondary N) is 1. The highest BCUT2D eigenvalue weighted by molar-refractivity contribution is 6.30. The molecule has 11 heteroatoms. The molecule has 34 heavy (non-hydrogen) atoms. The number of carbonyl (C=O) groups is 1. The van der Waals surface area contributed by atoms with E-state index in [1.54, 1.807) is 18.3 Å². The molecule has 5 rings (SSSR count). The predicted octanol–water partition coefficient (Wildman–Crippen LogP) is 4.85. The Kier molecular flexibility index (Phi) is 5.45. The summed E-state index contributed by atoms with van der Waals surface area (Å²) >= 11 is 5.80. The van der Waals surface area contributed by atoms with Crippen molar-refractivity contribution in [1.29, 1.82) is 0 Å². The highest BCUT2D eigenvalue weighted by atomic mass is 35.5. The number of nitrogens with zero attached hydrogens (tertiary/aromatic N) is 5. The minimum atomic E-state index is -4.70. The zero-order valence-electron chi connectivity index (χ0n) is 17.4. The van der Waals surface area contributed by atoms with Crippen LogP contribution in [-0.2, 0) is 12.7 Å². The molecule has 3 heterocycles. The second-order valence-corrected chi connectivity index (χ2v) is 8.00. The number of halogens is 4. The van der Waals surface area contributed by atoms with Gasteiger partial charge in [0.25, 0.3) is 5.91 Å². The number of alkyl halides is 3. The molecule has 0 saturated heterocycles. The monoisotopic (exact) mass is 484 g/mol. The molecule has 0 fully saturated rings. The van der Waals surface area contributed by atoms with Crippen LogP contribution in [0.3, 0.4) is 0 Å². The van der Waals surface area contributed by atoms with Gasteiger partial charge in [0.1, 0.15) is 0 Å². The first kappa shape index (κ1) is 21.9. The number of benzene rings is 2. The van der Waals surface area contributed by atoms with Gasteiger partial charge in [-0.3, -0.25) is 9.48 Å². The molecule has 0 atom stereocenters. The first-order valence-electron chi connectivity index (χ1n) is 10.2. The van der Waals surface area contributed by atoms with E-state index < -0.39 is 17.8 Å². The zero-order valence-corrected chi connectivity index (χ0v) is 18.2. The normalized spacial score (nSPS) is 11.9. The summed E-state index contributed by atoms with van der Waals surface area (Å²) in [6, 6.07) is 15.0. The van der Waals surface area contributed by atoms with Gasteiger partial charge >= 0.3 is 6.18 Å². The maximum atomic E-state index is 13.9. The summed E-state index contributed by atoms with van der Waals surface area (Å²) in [5.41, 5.74) is -0.621. The number of carbonyl (C=O) groups excluding carboxylic acids is 1.